The van der Waals surface area contributed by atoms with Crippen molar-refractivity contribution in [3.8, 4) is 0 Å². The lowest BCUT2D eigenvalue weighted by atomic mass is 10.1. The summed E-state index contributed by atoms with van der Waals surface area (Å²) < 4.78 is 10.4. The normalized spacial score (nSPS) is 23.4. The number of anilines is 1. The third-order valence-corrected chi connectivity index (χ3v) is 3.53. The molecule has 0 radical (unpaired) electrons. The van der Waals surface area contributed by atoms with Crippen LogP contribution in [-0.2, 0) is 4.74 Å². The molecule has 0 spiro atoms. The van der Waals surface area contributed by atoms with E-state index in [2.05, 4.69) is 15.5 Å². The molecule has 1 aromatic heterocycles. The minimum atomic E-state index is -0.183. The van der Waals surface area contributed by atoms with Gasteiger partial charge in [-0.1, -0.05) is 18.0 Å². The zero-order valence-electron chi connectivity index (χ0n) is 11.0. The fraction of sp³-hybridized carbons (Fsp3) is 0.750. The second-order valence-electron chi connectivity index (χ2n) is 5.18. The van der Waals surface area contributed by atoms with E-state index in [4.69, 9.17) is 9.26 Å². The van der Waals surface area contributed by atoms with E-state index >= 15 is 0 Å². The van der Waals surface area contributed by atoms with E-state index in [-0.39, 0.29) is 18.1 Å². The highest BCUT2D eigenvalue weighted by Gasteiger charge is 2.33. The van der Waals surface area contributed by atoms with E-state index in [1.807, 2.05) is 4.90 Å². The van der Waals surface area contributed by atoms with Gasteiger partial charge in [0.25, 0.3) is 0 Å². The van der Waals surface area contributed by atoms with E-state index < -0.39 is 0 Å². The first-order valence-corrected chi connectivity index (χ1v) is 6.68. The first-order valence-electron chi connectivity index (χ1n) is 6.68. The number of nitrogens with one attached hydrogen (secondary N) is 1. The Morgan fingerprint density at radius 1 is 1.53 bits per heavy atom. The molecular formula is C12H18N4O3. The Morgan fingerprint density at radius 3 is 3.05 bits per heavy atom. The minimum Gasteiger partial charge on any atom is -0.377 e. The summed E-state index contributed by atoms with van der Waals surface area (Å²) in [6.45, 7) is 3.52. The van der Waals surface area contributed by atoms with Gasteiger partial charge in [0.1, 0.15) is 0 Å². The van der Waals surface area contributed by atoms with Crippen LogP contribution in [0.25, 0.3) is 0 Å². The lowest BCUT2D eigenvalue weighted by Crippen LogP contribution is -2.50. The van der Waals surface area contributed by atoms with Gasteiger partial charge in [-0.25, -0.2) is 4.79 Å². The highest BCUT2D eigenvalue weighted by molar-refractivity contribution is 5.87. The molecule has 7 nitrogen and oxygen atoms in total. The Bertz CT molecular complexity index is 458. The number of hydrogen-bond acceptors (Lipinski definition) is 5. The third kappa shape index (κ3) is 3.04. The number of aryl methyl sites for hydroxylation is 1. The molecule has 3 rings (SSSR count). The molecule has 2 amide bonds. The fourth-order valence-electron chi connectivity index (χ4n) is 2.37. The van der Waals surface area contributed by atoms with E-state index in [0.717, 1.165) is 12.3 Å². The second-order valence-corrected chi connectivity index (χ2v) is 5.18. The predicted octanol–water partition coefficient (Wildman–Crippen LogP) is 1.41. The van der Waals surface area contributed by atoms with Gasteiger partial charge in [0.2, 0.25) is 0 Å². The van der Waals surface area contributed by atoms with Crippen LogP contribution >= 0.6 is 0 Å². The molecule has 104 valence electrons. The van der Waals surface area contributed by atoms with Gasteiger partial charge in [0.05, 0.1) is 19.3 Å². The van der Waals surface area contributed by atoms with E-state index in [9.17, 15) is 4.79 Å². The number of rotatable bonds is 3. The highest BCUT2D eigenvalue weighted by Crippen LogP contribution is 2.35. The molecule has 2 aliphatic rings. The summed E-state index contributed by atoms with van der Waals surface area (Å²) in [5, 5.41) is 6.30. The number of amides is 2. The molecular weight excluding hydrogens is 248 g/mol. The number of carbonyl (C=O) groups excluding carboxylic acids is 1. The van der Waals surface area contributed by atoms with E-state index in [1.54, 1.807) is 6.92 Å². The maximum Gasteiger partial charge on any atom is 0.329 e. The summed E-state index contributed by atoms with van der Waals surface area (Å²) in [6, 6.07) is 0.127. The number of aromatic nitrogens is 2. The van der Waals surface area contributed by atoms with Crippen LogP contribution in [0.4, 0.5) is 10.8 Å². The second kappa shape index (κ2) is 5.16. The van der Waals surface area contributed by atoms with Crippen molar-refractivity contribution in [1.82, 2.24) is 15.0 Å². The molecule has 7 heteroatoms. The predicted molar refractivity (Wildman–Crippen MR) is 66.7 cm³/mol. The summed E-state index contributed by atoms with van der Waals surface area (Å²) in [5.74, 6) is 1.26. The Balaban J connectivity index is 1.62. The molecule has 0 bridgehead atoms. The number of morpholine rings is 1. The van der Waals surface area contributed by atoms with Crippen LogP contribution < -0.4 is 5.32 Å². The number of ether oxygens (including phenoxy) is 1. The van der Waals surface area contributed by atoms with Gasteiger partial charge in [-0.15, -0.1) is 0 Å². The lowest BCUT2D eigenvalue weighted by molar-refractivity contribution is 0.0107. The van der Waals surface area contributed by atoms with Crippen molar-refractivity contribution in [2.24, 2.45) is 5.92 Å². The molecule has 1 aromatic rings. The van der Waals surface area contributed by atoms with Crippen molar-refractivity contribution >= 4 is 12.0 Å². The van der Waals surface area contributed by atoms with E-state index in [0.29, 0.717) is 25.6 Å². The van der Waals surface area contributed by atoms with Crippen molar-refractivity contribution in [3.05, 3.63) is 5.82 Å². The van der Waals surface area contributed by atoms with Gasteiger partial charge in [-0.05, 0) is 19.3 Å². The van der Waals surface area contributed by atoms with Crippen LogP contribution in [0.3, 0.4) is 0 Å². The monoisotopic (exact) mass is 266 g/mol. The molecule has 2 fully saturated rings. The maximum atomic E-state index is 12.2. The van der Waals surface area contributed by atoms with E-state index in [1.165, 1.54) is 12.8 Å². The van der Waals surface area contributed by atoms with Crippen molar-refractivity contribution < 1.29 is 14.1 Å². The maximum absolute atomic E-state index is 12.2. The smallest absolute Gasteiger partial charge is 0.329 e. The molecule has 1 aliphatic carbocycles. The summed E-state index contributed by atoms with van der Waals surface area (Å²) in [5.41, 5.74) is 0. The minimum absolute atomic E-state index is 0.152. The van der Waals surface area contributed by atoms with Gasteiger partial charge in [0.15, 0.2) is 5.82 Å². The summed E-state index contributed by atoms with van der Waals surface area (Å²) >= 11 is 0. The van der Waals surface area contributed by atoms with Crippen LogP contribution in [-0.4, -0.2) is 46.9 Å². The van der Waals surface area contributed by atoms with Gasteiger partial charge in [-0.3, -0.25) is 5.32 Å². The molecule has 1 unspecified atom stereocenters. The summed E-state index contributed by atoms with van der Waals surface area (Å²) in [6.07, 6.45) is 3.57. The van der Waals surface area contributed by atoms with Crippen LogP contribution in [0.2, 0.25) is 0 Å². The van der Waals surface area contributed by atoms with Crippen LogP contribution in [0, 0.1) is 12.8 Å². The van der Waals surface area contributed by atoms with Gasteiger partial charge in [-0.2, -0.15) is 4.98 Å². The number of carbonyl (C=O) groups is 1. The number of hydrogen-bond donors (Lipinski definition) is 1. The molecule has 1 atom stereocenters. The van der Waals surface area contributed by atoms with Gasteiger partial charge >= 0.3 is 12.0 Å². The molecule has 2 heterocycles. The Labute approximate surface area is 111 Å². The zero-order chi connectivity index (χ0) is 13.2. The molecule has 1 saturated carbocycles. The zero-order valence-corrected chi connectivity index (χ0v) is 11.0. The first kappa shape index (κ1) is 12.4. The SMILES string of the molecule is Cc1noc(NC(=O)N2CCOCC2CC2CC2)n1. The van der Waals surface area contributed by atoms with Crippen LogP contribution in [0.1, 0.15) is 25.1 Å². The Hall–Kier alpha value is -1.63. The molecule has 1 aliphatic heterocycles. The molecule has 1 N–H and O–H groups in total. The quantitative estimate of drug-likeness (QED) is 0.894. The summed E-state index contributed by atoms with van der Waals surface area (Å²) in [7, 11) is 0. The van der Waals surface area contributed by atoms with Crippen molar-refractivity contribution in [2.75, 3.05) is 25.1 Å². The average molecular weight is 266 g/mol. The summed E-state index contributed by atoms with van der Waals surface area (Å²) in [4.78, 5) is 18.0. The fourth-order valence-corrected chi connectivity index (χ4v) is 2.37. The molecule has 1 saturated heterocycles. The number of nitrogens with zero attached hydrogens (tertiary/aromatic N) is 3. The Morgan fingerprint density at radius 2 is 2.37 bits per heavy atom. The van der Waals surface area contributed by atoms with Crippen molar-refractivity contribution in [2.45, 2.75) is 32.2 Å². The van der Waals surface area contributed by atoms with Gasteiger partial charge < -0.3 is 14.2 Å². The van der Waals surface area contributed by atoms with Crippen LogP contribution in [0.5, 0.6) is 0 Å². The largest absolute Gasteiger partial charge is 0.377 e. The standard InChI is InChI=1S/C12H18N4O3/c1-8-13-11(19-15-8)14-12(17)16-4-5-18-7-10(16)6-9-2-3-9/h9-10H,2-7H2,1H3,(H,13,14,15,17). The van der Waals surface area contributed by atoms with Crippen LogP contribution in [0.15, 0.2) is 4.52 Å². The third-order valence-electron chi connectivity index (χ3n) is 3.53. The molecule has 19 heavy (non-hydrogen) atoms. The van der Waals surface area contributed by atoms with Crippen molar-refractivity contribution in [3.63, 3.8) is 0 Å². The molecule has 0 aromatic carbocycles. The highest BCUT2D eigenvalue weighted by atomic mass is 16.5. The number of urea groups is 1. The first-order chi connectivity index (χ1) is 9.22. The van der Waals surface area contributed by atoms with Gasteiger partial charge in [0, 0.05) is 6.54 Å². The lowest BCUT2D eigenvalue weighted by Gasteiger charge is -2.35. The topological polar surface area (TPSA) is 80.5 Å². The Kier molecular flexibility index (Phi) is 3.37. The average Bonchev–Trinajstić information content (AvgIpc) is 3.12. The van der Waals surface area contributed by atoms with Crippen molar-refractivity contribution in [1.29, 1.82) is 0 Å².